The highest BCUT2D eigenvalue weighted by atomic mass is 35.5. The van der Waals surface area contributed by atoms with Gasteiger partial charge in [-0.1, -0.05) is 0 Å². The summed E-state index contributed by atoms with van der Waals surface area (Å²) < 4.78 is 34.7. The molecule has 0 saturated heterocycles. The molecular formula is C14H22ClFN2O3S2. The molecule has 5 nitrogen and oxygen atoms in total. The lowest BCUT2D eigenvalue weighted by atomic mass is 10.2. The van der Waals surface area contributed by atoms with Gasteiger partial charge in [0.1, 0.15) is 15.7 Å². The molecule has 0 aromatic heterocycles. The van der Waals surface area contributed by atoms with Crippen molar-refractivity contribution >= 4 is 39.9 Å². The smallest absolute Gasteiger partial charge is 0.236 e. The quantitative estimate of drug-likeness (QED) is 0.498. The van der Waals surface area contributed by atoms with Gasteiger partial charge < -0.3 is 11.1 Å². The van der Waals surface area contributed by atoms with E-state index in [-0.39, 0.29) is 36.3 Å². The molecule has 132 valence electrons. The summed E-state index contributed by atoms with van der Waals surface area (Å²) in [6.07, 6.45) is 1.98. The third-order valence-corrected chi connectivity index (χ3v) is 4.91. The lowest BCUT2D eigenvalue weighted by Gasteiger charge is -2.11. The predicted molar refractivity (Wildman–Crippen MR) is 94.3 cm³/mol. The van der Waals surface area contributed by atoms with Gasteiger partial charge >= 0.3 is 0 Å². The van der Waals surface area contributed by atoms with Crippen molar-refractivity contribution in [3.8, 4) is 0 Å². The van der Waals surface area contributed by atoms with Gasteiger partial charge in [-0.2, -0.15) is 0 Å². The van der Waals surface area contributed by atoms with E-state index in [1.54, 1.807) is 23.9 Å². The van der Waals surface area contributed by atoms with Crippen LogP contribution in [0.4, 0.5) is 4.39 Å². The average Bonchev–Trinajstić information content (AvgIpc) is 2.45. The maximum atomic E-state index is 12.7. The Balaban J connectivity index is 0.00000484. The van der Waals surface area contributed by atoms with Gasteiger partial charge in [-0.15, -0.1) is 24.2 Å². The van der Waals surface area contributed by atoms with Crippen LogP contribution in [0.25, 0.3) is 0 Å². The van der Waals surface area contributed by atoms with E-state index in [9.17, 15) is 17.6 Å². The van der Waals surface area contributed by atoms with Crippen LogP contribution in [-0.2, 0) is 14.6 Å². The summed E-state index contributed by atoms with van der Waals surface area (Å²) in [6.45, 7) is 0.472. The van der Waals surface area contributed by atoms with Crippen LogP contribution in [-0.4, -0.2) is 44.7 Å². The first-order valence-electron chi connectivity index (χ1n) is 6.87. The molecule has 0 radical (unpaired) electrons. The van der Waals surface area contributed by atoms with Crippen LogP contribution in [0.5, 0.6) is 0 Å². The summed E-state index contributed by atoms with van der Waals surface area (Å²) in [6, 6.07) is 5.43. The van der Waals surface area contributed by atoms with E-state index in [0.717, 1.165) is 23.3 Å². The number of benzene rings is 1. The van der Waals surface area contributed by atoms with E-state index in [4.69, 9.17) is 5.73 Å². The lowest BCUT2D eigenvalue weighted by molar-refractivity contribution is -0.122. The Hall–Kier alpha value is -0.830. The van der Waals surface area contributed by atoms with Gasteiger partial charge in [0.05, 0.1) is 11.8 Å². The van der Waals surface area contributed by atoms with Gasteiger partial charge in [0.25, 0.3) is 0 Å². The molecule has 0 saturated carbocycles. The Morgan fingerprint density at radius 3 is 2.52 bits per heavy atom. The zero-order valence-electron chi connectivity index (χ0n) is 12.8. The van der Waals surface area contributed by atoms with Crippen molar-refractivity contribution in [1.82, 2.24) is 5.32 Å². The summed E-state index contributed by atoms with van der Waals surface area (Å²) in [7, 11) is -3.11. The normalized spacial score (nSPS) is 12.3. The van der Waals surface area contributed by atoms with Gasteiger partial charge in [0.2, 0.25) is 5.91 Å². The van der Waals surface area contributed by atoms with E-state index in [0.29, 0.717) is 6.54 Å². The molecule has 0 heterocycles. The fraction of sp³-hybridized carbons (Fsp3) is 0.500. The van der Waals surface area contributed by atoms with Crippen LogP contribution in [0.3, 0.4) is 0 Å². The van der Waals surface area contributed by atoms with Crippen molar-refractivity contribution in [3.05, 3.63) is 30.1 Å². The van der Waals surface area contributed by atoms with Crippen molar-refractivity contribution in [1.29, 1.82) is 0 Å². The van der Waals surface area contributed by atoms with Gasteiger partial charge in [-0.3, -0.25) is 4.79 Å². The lowest BCUT2D eigenvalue weighted by Crippen LogP contribution is -2.42. The molecule has 0 aliphatic rings. The fourth-order valence-corrected chi connectivity index (χ4v) is 3.14. The Bertz CT molecular complexity index is 582. The molecule has 3 N–H and O–H groups in total. The molecule has 0 aliphatic heterocycles. The molecule has 1 amide bonds. The highest BCUT2D eigenvalue weighted by Crippen LogP contribution is 2.18. The fourth-order valence-electron chi connectivity index (χ4n) is 1.61. The van der Waals surface area contributed by atoms with Crippen LogP contribution < -0.4 is 11.1 Å². The molecule has 0 fully saturated rings. The molecule has 1 atom stereocenters. The van der Waals surface area contributed by atoms with Crippen LogP contribution in [0.15, 0.2) is 29.2 Å². The number of thioether (sulfide) groups is 1. The zero-order valence-corrected chi connectivity index (χ0v) is 15.3. The molecule has 0 aliphatic carbocycles. The first kappa shape index (κ1) is 22.2. The summed E-state index contributed by atoms with van der Waals surface area (Å²) in [5.41, 5.74) is 5.63. The molecule has 1 unspecified atom stereocenters. The predicted octanol–water partition coefficient (Wildman–Crippen LogP) is 1.61. The van der Waals surface area contributed by atoms with E-state index in [1.807, 2.05) is 0 Å². The van der Waals surface area contributed by atoms with Crippen molar-refractivity contribution in [2.45, 2.75) is 23.8 Å². The van der Waals surface area contributed by atoms with Crippen molar-refractivity contribution < 1.29 is 17.6 Å². The van der Waals surface area contributed by atoms with Crippen LogP contribution >= 0.6 is 24.2 Å². The number of rotatable bonds is 9. The third-order valence-electron chi connectivity index (χ3n) is 2.84. The standard InChI is InChI=1S/C14H21FN2O3S2.ClH/c1-22(19,20)10-7-13(16)14(18)17-8-2-9-21-12-5-3-11(15)4-6-12;/h3-6,13H,2,7-10,16H2,1H3,(H,17,18);1H. The number of carbonyl (C=O) groups excluding carboxylic acids is 1. The van der Waals surface area contributed by atoms with E-state index in [1.165, 1.54) is 12.1 Å². The largest absolute Gasteiger partial charge is 0.355 e. The Kier molecular flexibility index (Phi) is 10.5. The molecular weight excluding hydrogens is 363 g/mol. The second kappa shape index (κ2) is 10.9. The highest BCUT2D eigenvalue weighted by Gasteiger charge is 2.15. The molecule has 1 aromatic carbocycles. The monoisotopic (exact) mass is 384 g/mol. The first-order valence-corrected chi connectivity index (χ1v) is 9.92. The van der Waals surface area contributed by atoms with Crippen LogP contribution in [0.1, 0.15) is 12.8 Å². The van der Waals surface area contributed by atoms with Crippen molar-refractivity contribution in [3.63, 3.8) is 0 Å². The number of sulfone groups is 1. The average molecular weight is 385 g/mol. The van der Waals surface area contributed by atoms with Crippen LogP contribution in [0.2, 0.25) is 0 Å². The van der Waals surface area contributed by atoms with E-state index >= 15 is 0 Å². The number of nitrogens with one attached hydrogen (secondary N) is 1. The number of halogens is 2. The molecule has 23 heavy (non-hydrogen) atoms. The summed E-state index contributed by atoms with van der Waals surface area (Å²) in [4.78, 5) is 12.6. The van der Waals surface area contributed by atoms with Crippen molar-refractivity contribution in [2.75, 3.05) is 24.3 Å². The van der Waals surface area contributed by atoms with Gasteiger partial charge in [0.15, 0.2) is 0 Å². The Morgan fingerprint density at radius 2 is 1.96 bits per heavy atom. The minimum atomic E-state index is -3.11. The Labute approximate surface area is 146 Å². The summed E-state index contributed by atoms with van der Waals surface area (Å²) in [5, 5.41) is 2.68. The third kappa shape index (κ3) is 10.5. The number of carbonyl (C=O) groups is 1. The second-order valence-electron chi connectivity index (χ2n) is 4.97. The first-order chi connectivity index (χ1) is 10.3. The minimum absolute atomic E-state index is 0. The van der Waals surface area contributed by atoms with Crippen LogP contribution in [0, 0.1) is 5.82 Å². The van der Waals surface area contributed by atoms with Gasteiger partial charge in [-0.05, 0) is 42.9 Å². The van der Waals surface area contributed by atoms with Crippen molar-refractivity contribution in [2.24, 2.45) is 5.73 Å². The van der Waals surface area contributed by atoms with Gasteiger partial charge in [0, 0.05) is 17.7 Å². The topological polar surface area (TPSA) is 89.3 Å². The number of amides is 1. The van der Waals surface area contributed by atoms with E-state index in [2.05, 4.69) is 5.32 Å². The number of hydrogen-bond donors (Lipinski definition) is 2. The molecule has 0 bridgehead atoms. The Morgan fingerprint density at radius 1 is 1.35 bits per heavy atom. The van der Waals surface area contributed by atoms with E-state index < -0.39 is 15.9 Å². The molecule has 0 spiro atoms. The SMILES string of the molecule is CS(=O)(=O)CCC(N)C(=O)NCCCSc1ccc(F)cc1.Cl. The molecule has 9 heteroatoms. The zero-order chi connectivity index (χ0) is 16.6. The summed E-state index contributed by atoms with van der Waals surface area (Å²) >= 11 is 1.57. The maximum absolute atomic E-state index is 12.7. The maximum Gasteiger partial charge on any atom is 0.236 e. The van der Waals surface area contributed by atoms with Gasteiger partial charge in [-0.25, -0.2) is 12.8 Å². The summed E-state index contributed by atoms with van der Waals surface area (Å²) in [5.74, 6) is 0.0853. The molecule has 1 aromatic rings. The highest BCUT2D eigenvalue weighted by molar-refractivity contribution is 7.99. The number of nitrogens with two attached hydrogens (primary N) is 1. The minimum Gasteiger partial charge on any atom is -0.355 e. The number of hydrogen-bond acceptors (Lipinski definition) is 5. The molecule has 1 rings (SSSR count). The second-order valence-corrected chi connectivity index (χ2v) is 8.40.